The van der Waals surface area contributed by atoms with E-state index in [0.717, 1.165) is 0 Å². The van der Waals surface area contributed by atoms with Gasteiger partial charge in [-0.15, -0.1) is 0 Å². The number of benzene rings is 1. The minimum atomic E-state index is -0.491. The summed E-state index contributed by atoms with van der Waals surface area (Å²) in [6, 6.07) is 7.64. The molecule has 0 aliphatic rings. The number of nitro groups is 1. The molecule has 0 unspecified atom stereocenters. The summed E-state index contributed by atoms with van der Waals surface area (Å²) in [4.78, 5) is 9.95. The fourth-order valence-corrected chi connectivity index (χ4v) is 1.26. The summed E-state index contributed by atoms with van der Waals surface area (Å²) < 4.78 is 4.90. The maximum atomic E-state index is 10.4. The number of non-ortho nitro benzene ring substituents is 1. The van der Waals surface area contributed by atoms with Gasteiger partial charge in [0.25, 0.3) is 5.69 Å². The predicted octanol–water partition coefficient (Wildman–Crippen LogP) is 2.12. The number of hydrogen-bond donors (Lipinski definition) is 0. The molecule has 0 fully saturated rings. The second-order valence-corrected chi connectivity index (χ2v) is 2.98. The minimum absolute atomic E-state index is 0.0122. The van der Waals surface area contributed by atoms with E-state index in [-0.39, 0.29) is 5.69 Å². The Morgan fingerprint density at radius 2 is 2.06 bits per heavy atom. The van der Waals surface area contributed by atoms with E-state index in [2.05, 4.69) is 5.16 Å². The molecule has 2 rings (SSSR count). The Hall–Kier alpha value is -2.68. The molecular formula is C10H5N3O3. The van der Waals surface area contributed by atoms with Crippen LogP contribution in [0.3, 0.4) is 0 Å². The van der Waals surface area contributed by atoms with Gasteiger partial charge in [-0.05, 0) is 12.1 Å². The smallest absolute Gasteiger partial charge is 0.269 e. The first-order valence-electron chi connectivity index (χ1n) is 4.32. The molecular weight excluding hydrogens is 210 g/mol. The van der Waals surface area contributed by atoms with Crippen molar-refractivity contribution >= 4 is 5.69 Å². The van der Waals surface area contributed by atoms with E-state index in [1.165, 1.54) is 30.5 Å². The van der Waals surface area contributed by atoms with Crippen molar-refractivity contribution in [2.45, 2.75) is 0 Å². The lowest BCUT2D eigenvalue weighted by Gasteiger charge is -1.95. The summed E-state index contributed by atoms with van der Waals surface area (Å²) in [5.74, 6) is 0.317. The summed E-state index contributed by atoms with van der Waals surface area (Å²) in [5, 5.41) is 22.7. The third-order valence-corrected chi connectivity index (χ3v) is 2.03. The van der Waals surface area contributed by atoms with Gasteiger partial charge in [0.05, 0.1) is 11.1 Å². The molecule has 1 aromatic carbocycles. The van der Waals surface area contributed by atoms with Crippen LogP contribution in [0.15, 0.2) is 35.0 Å². The second-order valence-electron chi connectivity index (χ2n) is 2.98. The molecule has 0 atom stereocenters. The summed E-state index contributed by atoms with van der Waals surface area (Å²) in [5.41, 5.74) is 0.871. The van der Waals surface area contributed by atoms with Gasteiger partial charge in [0.1, 0.15) is 11.6 Å². The molecule has 16 heavy (non-hydrogen) atoms. The van der Waals surface area contributed by atoms with Gasteiger partial charge in [0.2, 0.25) is 0 Å². The molecule has 0 N–H and O–H groups in total. The molecule has 0 radical (unpaired) electrons. The van der Waals surface area contributed by atoms with Crippen LogP contribution in [-0.2, 0) is 0 Å². The average Bonchev–Trinajstić information content (AvgIpc) is 2.77. The van der Waals surface area contributed by atoms with Gasteiger partial charge in [-0.25, -0.2) is 0 Å². The lowest BCUT2D eigenvalue weighted by molar-refractivity contribution is -0.384. The van der Waals surface area contributed by atoms with E-state index in [4.69, 9.17) is 9.78 Å². The highest BCUT2D eigenvalue weighted by molar-refractivity contribution is 5.65. The number of aromatic nitrogens is 1. The van der Waals surface area contributed by atoms with Gasteiger partial charge in [-0.3, -0.25) is 10.1 Å². The maximum Gasteiger partial charge on any atom is 0.269 e. The largest absolute Gasteiger partial charge is 0.355 e. The Balaban J connectivity index is 2.43. The average molecular weight is 215 g/mol. The van der Waals surface area contributed by atoms with E-state index in [1.807, 2.05) is 6.07 Å². The third-order valence-electron chi connectivity index (χ3n) is 2.03. The van der Waals surface area contributed by atoms with Gasteiger partial charge in [-0.1, -0.05) is 5.16 Å². The van der Waals surface area contributed by atoms with Crippen molar-refractivity contribution in [3.63, 3.8) is 0 Å². The monoisotopic (exact) mass is 215 g/mol. The van der Waals surface area contributed by atoms with Crippen LogP contribution in [0.5, 0.6) is 0 Å². The zero-order valence-electron chi connectivity index (χ0n) is 7.95. The van der Waals surface area contributed by atoms with Gasteiger partial charge in [0.15, 0.2) is 5.76 Å². The van der Waals surface area contributed by atoms with Crippen molar-refractivity contribution < 1.29 is 9.45 Å². The van der Waals surface area contributed by atoms with Crippen LogP contribution in [0.4, 0.5) is 5.69 Å². The van der Waals surface area contributed by atoms with E-state index in [9.17, 15) is 10.1 Å². The SMILES string of the molecule is N#Cc1cnoc1-c1ccc([N+](=O)[O-])cc1. The van der Waals surface area contributed by atoms with Crippen LogP contribution >= 0.6 is 0 Å². The first kappa shape index (κ1) is 9.86. The summed E-state index contributed by atoms with van der Waals surface area (Å²) >= 11 is 0. The molecule has 6 nitrogen and oxygen atoms in total. The molecule has 0 bridgehead atoms. The molecule has 0 aliphatic carbocycles. The zero-order chi connectivity index (χ0) is 11.5. The molecule has 1 heterocycles. The van der Waals surface area contributed by atoms with Crippen LogP contribution < -0.4 is 0 Å². The lowest BCUT2D eigenvalue weighted by Crippen LogP contribution is -1.87. The second kappa shape index (κ2) is 3.82. The molecule has 78 valence electrons. The van der Waals surface area contributed by atoms with E-state index in [0.29, 0.717) is 16.9 Å². The summed E-state index contributed by atoms with van der Waals surface area (Å²) in [7, 11) is 0. The van der Waals surface area contributed by atoms with E-state index in [1.54, 1.807) is 0 Å². The van der Waals surface area contributed by atoms with Crippen LogP contribution in [0.25, 0.3) is 11.3 Å². The fraction of sp³-hybridized carbons (Fsp3) is 0. The molecule has 1 aromatic heterocycles. The Bertz CT molecular complexity index is 566. The van der Waals surface area contributed by atoms with Gasteiger partial charge < -0.3 is 4.52 Å². The first-order chi connectivity index (χ1) is 7.72. The van der Waals surface area contributed by atoms with Gasteiger partial charge in [-0.2, -0.15) is 5.26 Å². The quantitative estimate of drug-likeness (QED) is 0.565. The van der Waals surface area contributed by atoms with Crippen molar-refractivity contribution in [3.05, 3.63) is 46.1 Å². The van der Waals surface area contributed by atoms with Crippen LogP contribution in [0.1, 0.15) is 5.56 Å². The predicted molar refractivity (Wildman–Crippen MR) is 53.3 cm³/mol. The fourth-order valence-electron chi connectivity index (χ4n) is 1.26. The van der Waals surface area contributed by atoms with Crippen LogP contribution in [0.2, 0.25) is 0 Å². The Kier molecular flexibility index (Phi) is 2.36. The Morgan fingerprint density at radius 1 is 1.38 bits per heavy atom. The van der Waals surface area contributed by atoms with Crippen molar-refractivity contribution in [2.24, 2.45) is 0 Å². The topological polar surface area (TPSA) is 93.0 Å². The molecule has 0 aliphatic heterocycles. The lowest BCUT2D eigenvalue weighted by atomic mass is 10.1. The van der Waals surface area contributed by atoms with Crippen molar-refractivity contribution in [2.75, 3.05) is 0 Å². The highest BCUT2D eigenvalue weighted by Gasteiger charge is 2.12. The third kappa shape index (κ3) is 1.62. The maximum absolute atomic E-state index is 10.4. The van der Waals surface area contributed by atoms with Crippen LogP contribution in [0, 0.1) is 21.4 Å². The first-order valence-corrected chi connectivity index (χ1v) is 4.32. The normalized spacial score (nSPS) is 9.69. The molecule has 2 aromatic rings. The number of hydrogen-bond acceptors (Lipinski definition) is 5. The number of rotatable bonds is 2. The van der Waals surface area contributed by atoms with Crippen molar-refractivity contribution in [1.29, 1.82) is 5.26 Å². The van der Waals surface area contributed by atoms with Crippen molar-refractivity contribution in [1.82, 2.24) is 5.16 Å². The Morgan fingerprint density at radius 3 is 2.62 bits per heavy atom. The number of nitrogens with zero attached hydrogens (tertiary/aromatic N) is 3. The molecule has 0 amide bonds. The standard InChI is InChI=1S/C10H5N3O3/c11-5-8-6-12-16-10(8)7-1-3-9(4-2-7)13(14)15/h1-4,6H. The number of nitriles is 1. The van der Waals surface area contributed by atoms with Crippen LogP contribution in [-0.4, -0.2) is 10.1 Å². The van der Waals surface area contributed by atoms with E-state index < -0.39 is 4.92 Å². The highest BCUT2D eigenvalue weighted by atomic mass is 16.6. The minimum Gasteiger partial charge on any atom is -0.355 e. The highest BCUT2D eigenvalue weighted by Crippen LogP contribution is 2.24. The number of nitro benzene ring substituents is 1. The van der Waals surface area contributed by atoms with Crippen molar-refractivity contribution in [3.8, 4) is 17.4 Å². The summed E-state index contributed by atoms with van der Waals surface area (Å²) in [6.07, 6.45) is 1.30. The summed E-state index contributed by atoms with van der Waals surface area (Å²) in [6.45, 7) is 0. The Labute approximate surface area is 89.9 Å². The molecule has 0 saturated heterocycles. The molecule has 6 heteroatoms. The molecule has 0 saturated carbocycles. The zero-order valence-corrected chi connectivity index (χ0v) is 7.95. The molecule has 0 spiro atoms. The van der Waals surface area contributed by atoms with Gasteiger partial charge >= 0.3 is 0 Å². The van der Waals surface area contributed by atoms with Gasteiger partial charge in [0, 0.05) is 17.7 Å². The van der Waals surface area contributed by atoms with E-state index >= 15 is 0 Å².